The second-order valence-electron chi connectivity index (χ2n) is 4.68. The molecule has 0 N–H and O–H groups in total. The lowest BCUT2D eigenvalue weighted by molar-refractivity contribution is 0.565. The van der Waals surface area contributed by atoms with E-state index in [1.165, 1.54) is 12.2 Å². The topological polar surface area (TPSA) is 58.9 Å². The van der Waals surface area contributed by atoms with Crippen LogP contribution in [0.5, 0.6) is 0 Å². The van der Waals surface area contributed by atoms with Gasteiger partial charge in [0.25, 0.3) is 0 Å². The molecule has 22 heavy (non-hydrogen) atoms. The van der Waals surface area contributed by atoms with E-state index in [0.717, 1.165) is 28.1 Å². The summed E-state index contributed by atoms with van der Waals surface area (Å²) in [7, 11) is 0. The third-order valence-corrected chi connectivity index (χ3v) is 3.66. The van der Waals surface area contributed by atoms with Crippen molar-refractivity contribution in [3.05, 3.63) is 58.1 Å². The molecule has 0 radical (unpaired) electrons. The lowest BCUT2D eigenvalue weighted by Crippen LogP contribution is -1.92. The molecule has 2 aromatic rings. The van der Waals surface area contributed by atoms with Crippen LogP contribution in [0.2, 0.25) is 5.02 Å². The van der Waals surface area contributed by atoms with Crippen LogP contribution < -0.4 is 0 Å². The van der Waals surface area contributed by atoms with Crippen LogP contribution in [-0.2, 0) is 22.4 Å². The summed E-state index contributed by atoms with van der Waals surface area (Å²) in [6.07, 6.45) is 4.43. The Hall–Kier alpha value is -2.51. The number of halogens is 1. The molecule has 4 nitrogen and oxygen atoms in total. The molecule has 0 aliphatic carbocycles. The van der Waals surface area contributed by atoms with E-state index in [4.69, 9.17) is 11.6 Å². The van der Waals surface area contributed by atoms with E-state index in [0.29, 0.717) is 17.8 Å². The largest absolute Gasteiger partial charge is 0.240 e. The van der Waals surface area contributed by atoms with Crippen LogP contribution in [0, 0.1) is 0 Å². The Morgan fingerprint density at radius 2 is 1.77 bits per heavy atom. The minimum Gasteiger partial charge on any atom is -0.211 e. The summed E-state index contributed by atoms with van der Waals surface area (Å²) in [5, 5.41) is 0.744. The molecule has 0 heterocycles. The fraction of sp³-hybridized carbons (Fsp3) is 0.176. The number of aliphatic imine (C=N–C) groups is 2. The summed E-state index contributed by atoms with van der Waals surface area (Å²) in [5.74, 6) is 0. The molecule has 0 bridgehead atoms. The van der Waals surface area contributed by atoms with Gasteiger partial charge in [-0.1, -0.05) is 36.7 Å². The zero-order valence-electron chi connectivity index (χ0n) is 12.0. The van der Waals surface area contributed by atoms with Crippen LogP contribution in [-0.4, -0.2) is 12.2 Å². The van der Waals surface area contributed by atoms with Crippen molar-refractivity contribution in [2.45, 2.75) is 19.8 Å². The van der Waals surface area contributed by atoms with E-state index in [-0.39, 0.29) is 0 Å². The Labute approximate surface area is 133 Å². The zero-order chi connectivity index (χ0) is 15.9. The average Bonchev–Trinajstić information content (AvgIpc) is 2.52. The summed E-state index contributed by atoms with van der Waals surface area (Å²) >= 11 is 6.12. The van der Waals surface area contributed by atoms with Gasteiger partial charge in [-0.2, -0.15) is 9.98 Å². The number of hydrogen-bond acceptors (Lipinski definition) is 4. The number of isocyanates is 2. The van der Waals surface area contributed by atoms with Gasteiger partial charge in [-0.3, -0.25) is 0 Å². The molecule has 0 aromatic heterocycles. The summed E-state index contributed by atoms with van der Waals surface area (Å²) in [6.45, 7) is 2.04. The van der Waals surface area contributed by atoms with Gasteiger partial charge >= 0.3 is 0 Å². The highest BCUT2D eigenvalue weighted by Crippen LogP contribution is 2.28. The van der Waals surface area contributed by atoms with Crippen LogP contribution in [0.15, 0.2) is 46.4 Å². The minimum absolute atomic E-state index is 0.401. The van der Waals surface area contributed by atoms with Crippen molar-refractivity contribution in [2.75, 3.05) is 0 Å². The maximum Gasteiger partial charge on any atom is 0.240 e. The first-order valence-electron chi connectivity index (χ1n) is 6.74. The van der Waals surface area contributed by atoms with Crippen molar-refractivity contribution in [1.82, 2.24) is 0 Å². The van der Waals surface area contributed by atoms with Gasteiger partial charge in [0, 0.05) is 5.02 Å². The Morgan fingerprint density at radius 3 is 2.45 bits per heavy atom. The van der Waals surface area contributed by atoms with Gasteiger partial charge in [0.15, 0.2) is 0 Å². The van der Waals surface area contributed by atoms with Gasteiger partial charge in [-0.25, -0.2) is 9.59 Å². The molecule has 0 fully saturated rings. The van der Waals surface area contributed by atoms with Gasteiger partial charge in [0.2, 0.25) is 12.2 Å². The van der Waals surface area contributed by atoms with Crippen molar-refractivity contribution in [3.63, 3.8) is 0 Å². The number of aryl methyl sites for hydroxylation is 1. The maximum atomic E-state index is 10.6. The number of carbonyl (C=O) groups excluding carboxylic acids is 2. The van der Waals surface area contributed by atoms with Crippen molar-refractivity contribution < 1.29 is 9.59 Å². The molecule has 0 amide bonds. The fourth-order valence-corrected chi connectivity index (χ4v) is 2.46. The molecule has 110 valence electrons. The standard InChI is InChI=1S/C17H13ClN2O2/c1-2-13-7-12(3-6-16(13)18)8-14-4-5-15(19-10-21)9-17(14)20-11-22/h3-7,9H,2,8H2,1H3. The van der Waals surface area contributed by atoms with Crippen molar-refractivity contribution >= 4 is 35.1 Å². The van der Waals surface area contributed by atoms with Crippen LogP contribution in [0.25, 0.3) is 0 Å². The molecule has 0 spiro atoms. The van der Waals surface area contributed by atoms with E-state index in [1.54, 1.807) is 18.2 Å². The molecule has 0 aliphatic heterocycles. The summed E-state index contributed by atoms with van der Waals surface area (Å²) in [5.41, 5.74) is 3.83. The molecule has 0 atom stereocenters. The molecule has 2 rings (SSSR count). The Balaban J connectivity index is 2.40. The van der Waals surface area contributed by atoms with Gasteiger partial charge in [-0.05, 0) is 47.7 Å². The monoisotopic (exact) mass is 312 g/mol. The fourth-order valence-electron chi connectivity index (χ4n) is 2.21. The lowest BCUT2D eigenvalue weighted by atomic mass is 10.0. The van der Waals surface area contributed by atoms with Crippen LogP contribution >= 0.6 is 11.6 Å². The smallest absolute Gasteiger partial charge is 0.211 e. The van der Waals surface area contributed by atoms with E-state index >= 15 is 0 Å². The first kappa shape index (κ1) is 15.9. The molecule has 0 aliphatic rings. The Bertz CT molecular complexity index is 789. The average molecular weight is 313 g/mol. The number of nitrogens with zero attached hydrogens (tertiary/aromatic N) is 2. The van der Waals surface area contributed by atoms with E-state index in [1.807, 2.05) is 25.1 Å². The molecule has 5 heteroatoms. The molecule has 0 saturated heterocycles. The summed E-state index contributed by atoms with van der Waals surface area (Å²) < 4.78 is 0. The van der Waals surface area contributed by atoms with E-state index in [9.17, 15) is 9.59 Å². The first-order chi connectivity index (χ1) is 10.7. The van der Waals surface area contributed by atoms with Crippen molar-refractivity contribution in [1.29, 1.82) is 0 Å². The second-order valence-corrected chi connectivity index (χ2v) is 5.08. The lowest BCUT2D eigenvalue weighted by Gasteiger charge is -2.08. The van der Waals surface area contributed by atoms with Crippen molar-refractivity contribution in [3.8, 4) is 0 Å². The molecular formula is C17H13ClN2O2. The Morgan fingerprint density at radius 1 is 1.00 bits per heavy atom. The SMILES string of the molecule is CCc1cc(Cc2ccc(N=C=O)cc2N=C=O)ccc1Cl. The quantitative estimate of drug-likeness (QED) is 0.606. The molecular weight excluding hydrogens is 300 g/mol. The van der Waals surface area contributed by atoms with Gasteiger partial charge in [0.1, 0.15) is 0 Å². The van der Waals surface area contributed by atoms with Gasteiger partial charge in [-0.15, -0.1) is 0 Å². The molecule has 0 saturated carbocycles. The third kappa shape index (κ3) is 3.78. The van der Waals surface area contributed by atoms with E-state index < -0.39 is 0 Å². The predicted octanol–water partition coefficient (Wildman–Crippen LogP) is 4.43. The highest BCUT2D eigenvalue weighted by atomic mass is 35.5. The number of benzene rings is 2. The molecule has 2 aromatic carbocycles. The highest BCUT2D eigenvalue weighted by molar-refractivity contribution is 6.31. The number of hydrogen-bond donors (Lipinski definition) is 0. The maximum absolute atomic E-state index is 10.6. The normalized spacial score (nSPS) is 9.73. The molecule has 0 unspecified atom stereocenters. The first-order valence-corrected chi connectivity index (χ1v) is 7.11. The minimum atomic E-state index is 0.401. The Kier molecular flexibility index (Phi) is 5.40. The number of rotatable bonds is 5. The van der Waals surface area contributed by atoms with E-state index in [2.05, 4.69) is 9.98 Å². The van der Waals surface area contributed by atoms with Crippen LogP contribution in [0.3, 0.4) is 0 Å². The van der Waals surface area contributed by atoms with Crippen molar-refractivity contribution in [2.24, 2.45) is 9.98 Å². The predicted molar refractivity (Wildman–Crippen MR) is 85.6 cm³/mol. The van der Waals surface area contributed by atoms with Crippen LogP contribution in [0.1, 0.15) is 23.6 Å². The van der Waals surface area contributed by atoms with Gasteiger partial charge < -0.3 is 0 Å². The van der Waals surface area contributed by atoms with Gasteiger partial charge in [0.05, 0.1) is 11.4 Å². The van der Waals surface area contributed by atoms with Crippen LogP contribution in [0.4, 0.5) is 11.4 Å². The third-order valence-electron chi connectivity index (χ3n) is 3.30. The summed E-state index contributed by atoms with van der Waals surface area (Å²) in [6, 6.07) is 10.9. The second kappa shape index (κ2) is 7.48. The zero-order valence-corrected chi connectivity index (χ0v) is 12.7. The highest BCUT2D eigenvalue weighted by Gasteiger charge is 2.07. The summed E-state index contributed by atoms with van der Waals surface area (Å²) in [4.78, 5) is 28.1.